The summed E-state index contributed by atoms with van der Waals surface area (Å²) in [6.07, 6.45) is 4.54. The van der Waals surface area contributed by atoms with Crippen LogP contribution in [0, 0.1) is 6.92 Å². The average molecular weight is 257 g/mol. The largest absolute Gasteiger partial charge is 0.364 e. The predicted octanol–water partition coefficient (Wildman–Crippen LogP) is 1.11. The van der Waals surface area contributed by atoms with Crippen molar-refractivity contribution in [2.45, 2.75) is 26.4 Å². The topological polar surface area (TPSA) is 60.0 Å². The molecule has 3 heterocycles. The number of hydrogen-bond donors (Lipinski definition) is 1. The lowest BCUT2D eigenvalue weighted by atomic mass is 10.2. The second-order valence-corrected chi connectivity index (χ2v) is 4.87. The van der Waals surface area contributed by atoms with Crippen molar-refractivity contribution < 1.29 is 0 Å². The van der Waals surface area contributed by atoms with Gasteiger partial charge >= 0.3 is 0 Å². The molecule has 0 amide bonds. The van der Waals surface area contributed by atoms with E-state index in [1.54, 1.807) is 0 Å². The minimum absolute atomic E-state index is 0.651. The number of fused-ring (bicyclic) bond motifs is 1. The SMILES string of the molecule is Cc1nc(CCN)c2n1CCN(c1ccncc1)C2. The van der Waals surface area contributed by atoms with E-state index < -0.39 is 0 Å². The van der Waals surface area contributed by atoms with E-state index in [9.17, 15) is 0 Å². The lowest BCUT2D eigenvalue weighted by molar-refractivity contribution is 0.557. The molecule has 5 heteroatoms. The van der Waals surface area contributed by atoms with Gasteiger partial charge in [0, 0.05) is 37.6 Å². The summed E-state index contributed by atoms with van der Waals surface area (Å²) in [6.45, 7) is 5.63. The number of pyridine rings is 1. The van der Waals surface area contributed by atoms with Crippen molar-refractivity contribution in [3.05, 3.63) is 41.7 Å². The summed E-state index contributed by atoms with van der Waals surface area (Å²) in [5.74, 6) is 1.10. The average Bonchev–Trinajstić information content (AvgIpc) is 2.77. The number of anilines is 1. The van der Waals surface area contributed by atoms with E-state index in [0.29, 0.717) is 6.54 Å². The number of nitrogens with zero attached hydrogens (tertiary/aromatic N) is 4. The highest BCUT2D eigenvalue weighted by Crippen LogP contribution is 2.23. The van der Waals surface area contributed by atoms with E-state index in [1.165, 1.54) is 11.4 Å². The van der Waals surface area contributed by atoms with Gasteiger partial charge in [0.25, 0.3) is 0 Å². The molecule has 0 bridgehead atoms. The van der Waals surface area contributed by atoms with Gasteiger partial charge in [-0.05, 0) is 25.6 Å². The van der Waals surface area contributed by atoms with Crippen LogP contribution in [0.1, 0.15) is 17.2 Å². The molecule has 0 aromatic carbocycles. The van der Waals surface area contributed by atoms with E-state index in [2.05, 4.69) is 38.5 Å². The monoisotopic (exact) mass is 257 g/mol. The Morgan fingerprint density at radius 3 is 2.79 bits per heavy atom. The van der Waals surface area contributed by atoms with Gasteiger partial charge in [-0.1, -0.05) is 0 Å². The van der Waals surface area contributed by atoms with Gasteiger partial charge in [-0.15, -0.1) is 0 Å². The smallest absolute Gasteiger partial charge is 0.106 e. The lowest BCUT2D eigenvalue weighted by Gasteiger charge is -2.31. The predicted molar refractivity (Wildman–Crippen MR) is 75.0 cm³/mol. The highest BCUT2D eigenvalue weighted by molar-refractivity contribution is 5.46. The quantitative estimate of drug-likeness (QED) is 0.894. The molecule has 0 aliphatic carbocycles. The van der Waals surface area contributed by atoms with Gasteiger partial charge in [0.15, 0.2) is 0 Å². The molecule has 0 spiro atoms. The second-order valence-electron chi connectivity index (χ2n) is 4.87. The second kappa shape index (κ2) is 5.01. The molecule has 1 aliphatic heterocycles. The van der Waals surface area contributed by atoms with Crippen molar-refractivity contribution in [3.8, 4) is 0 Å². The molecule has 5 nitrogen and oxygen atoms in total. The van der Waals surface area contributed by atoms with E-state index in [1.807, 2.05) is 12.4 Å². The standard InChI is InChI=1S/C14H19N5/c1-11-17-13(2-5-15)14-10-18(8-9-19(11)14)12-3-6-16-7-4-12/h3-4,6-7H,2,5,8-10,15H2,1H3. The molecule has 0 unspecified atom stereocenters. The maximum Gasteiger partial charge on any atom is 0.106 e. The Morgan fingerprint density at radius 2 is 2.05 bits per heavy atom. The normalized spacial score (nSPS) is 14.5. The minimum atomic E-state index is 0.651. The van der Waals surface area contributed by atoms with Gasteiger partial charge in [-0.2, -0.15) is 0 Å². The molecule has 2 aromatic heterocycles. The van der Waals surface area contributed by atoms with Crippen molar-refractivity contribution in [1.82, 2.24) is 14.5 Å². The van der Waals surface area contributed by atoms with Gasteiger partial charge in [-0.3, -0.25) is 4.98 Å². The first-order valence-corrected chi connectivity index (χ1v) is 6.69. The highest BCUT2D eigenvalue weighted by Gasteiger charge is 2.22. The minimum Gasteiger partial charge on any atom is -0.364 e. The maximum absolute atomic E-state index is 5.68. The lowest BCUT2D eigenvalue weighted by Crippen LogP contribution is -2.34. The fourth-order valence-electron chi connectivity index (χ4n) is 2.74. The van der Waals surface area contributed by atoms with Crippen molar-refractivity contribution in [1.29, 1.82) is 0 Å². The van der Waals surface area contributed by atoms with Crippen LogP contribution in [0.3, 0.4) is 0 Å². The van der Waals surface area contributed by atoms with Crippen LogP contribution in [0.4, 0.5) is 5.69 Å². The number of imidazole rings is 1. The molecule has 0 saturated carbocycles. The van der Waals surface area contributed by atoms with Crippen LogP contribution >= 0.6 is 0 Å². The van der Waals surface area contributed by atoms with Crippen molar-refractivity contribution in [2.75, 3.05) is 18.0 Å². The first-order chi connectivity index (χ1) is 9.29. The fourth-order valence-corrected chi connectivity index (χ4v) is 2.74. The van der Waals surface area contributed by atoms with Crippen LogP contribution in [-0.4, -0.2) is 27.6 Å². The molecule has 2 N–H and O–H groups in total. The summed E-state index contributed by atoms with van der Waals surface area (Å²) < 4.78 is 2.32. The Labute approximate surface area is 113 Å². The summed E-state index contributed by atoms with van der Waals surface area (Å²) in [5, 5.41) is 0. The van der Waals surface area contributed by atoms with Crippen LogP contribution in [0.25, 0.3) is 0 Å². The first-order valence-electron chi connectivity index (χ1n) is 6.69. The number of aryl methyl sites for hydroxylation is 1. The van der Waals surface area contributed by atoms with Gasteiger partial charge < -0.3 is 15.2 Å². The molecule has 0 saturated heterocycles. The number of hydrogen-bond acceptors (Lipinski definition) is 4. The Morgan fingerprint density at radius 1 is 1.26 bits per heavy atom. The Hall–Kier alpha value is -1.88. The van der Waals surface area contributed by atoms with Gasteiger partial charge in [-0.25, -0.2) is 4.98 Å². The molecule has 0 radical (unpaired) electrons. The highest BCUT2D eigenvalue weighted by atomic mass is 15.2. The number of aromatic nitrogens is 3. The molecule has 2 aromatic rings. The van der Waals surface area contributed by atoms with Crippen LogP contribution in [0.5, 0.6) is 0 Å². The van der Waals surface area contributed by atoms with E-state index in [4.69, 9.17) is 5.73 Å². The molecule has 19 heavy (non-hydrogen) atoms. The van der Waals surface area contributed by atoms with Crippen molar-refractivity contribution in [2.24, 2.45) is 5.73 Å². The third-order valence-corrected chi connectivity index (χ3v) is 3.69. The molecule has 3 rings (SSSR count). The summed E-state index contributed by atoms with van der Waals surface area (Å²) in [5.41, 5.74) is 9.36. The van der Waals surface area contributed by atoms with Crippen LogP contribution in [0.2, 0.25) is 0 Å². The molecule has 0 atom stereocenters. The van der Waals surface area contributed by atoms with Crippen molar-refractivity contribution in [3.63, 3.8) is 0 Å². The molecular weight excluding hydrogens is 238 g/mol. The van der Waals surface area contributed by atoms with Crippen molar-refractivity contribution >= 4 is 5.69 Å². The molecule has 100 valence electrons. The Bertz CT molecular complexity index is 561. The summed E-state index contributed by atoms with van der Waals surface area (Å²) in [6, 6.07) is 4.11. The number of nitrogens with two attached hydrogens (primary N) is 1. The van der Waals surface area contributed by atoms with E-state index in [0.717, 1.165) is 37.6 Å². The van der Waals surface area contributed by atoms with E-state index in [-0.39, 0.29) is 0 Å². The Kier molecular flexibility index (Phi) is 3.21. The summed E-state index contributed by atoms with van der Waals surface area (Å²) in [4.78, 5) is 11.1. The zero-order chi connectivity index (χ0) is 13.2. The summed E-state index contributed by atoms with van der Waals surface area (Å²) >= 11 is 0. The molecule has 0 fully saturated rings. The summed E-state index contributed by atoms with van der Waals surface area (Å²) in [7, 11) is 0. The maximum atomic E-state index is 5.68. The fraction of sp³-hybridized carbons (Fsp3) is 0.429. The number of rotatable bonds is 3. The molecular formula is C14H19N5. The first kappa shape index (κ1) is 12.2. The van der Waals surface area contributed by atoms with Gasteiger partial charge in [0.05, 0.1) is 17.9 Å². The third-order valence-electron chi connectivity index (χ3n) is 3.69. The van der Waals surface area contributed by atoms with Gasteiger partial charge in [0.2, 0.25) is 0 Å². The molecule has 1 aliphatic rings. The van der Waals surface area contributed by atoms with Crippen LogP contribution in [-0.2, 0) is 19.5 Å². The third kappa shape index (κ3) is 2.21. The van der Waals surface area contributed by atoms with Crippen LogP contribution < -0.4 is 10.6 Å². The zero-order valence-corrected chi connectivity index (χ0v) is 11.2. The Balaban J connectivity index is 1.90. The van der Waals surface area contributed by atoms with Crippen LogP contribution in [0.15, 0.2) is 24.5 Å². The van der Waals surface area contributed by atoms with E-state index >= 15 is 0 Å². The van der Waals surface area contributed by atoms with Gasteiger partial charge in [0.1, 0.15) is 5.82 Å². The zero-order valence-electron chi connectivity index (χ0n) is 11.2.